The lowest BCUT2D eigenvalue weighted by molar-refractivity contribution is 0.0962. The molecule has 0 saturated heterocycles. The van der Waals surface area contributed by atoms with Crippen molar-refractivity contribution in [2.24, 2.45) is 0 Å². The number of halogens is 1. The van der Waals surface area contributed by atoms with Gasteiger partial charge in [-0.15, -0.1) is 0 Å². The highest BCUT2D eigenvalue weighted by atomic mass is 19.1. The number of Topliss-reactive ketones (excluding diaryl/α,β-unsaturated/α-hetero) is 1. The number of benzene rings is 2. The molecule has 1 aliphatic rings. The summed E-state index contributed by atoms with van der Waals surface area (Å²) in [7, 11) is 0. The molecule has 3 rings (SSSR count). The van der Waals surface area contributed by atoms with Crippen molar-refractivity contribution in [3.8, 4) is 5.75 Å². The van der Waals surface area contributed by atoms with Crippen LogP contribution in [0.4, 0.5) is 4.39 Å². The molecular weight excluding hydrogens is 367 g/mol. The highest BCUT2D eigenvalue weighted by Crippen LogP contribution is 2.40. The van der Waals surface area contributed by atoms with Crippen molar-refractivity contribution < 1.29 is 14.3 Å². The Kier molecular flexibility index (Phi) is 5.06. The second-order valence-corrected chi connectivity index (χ2v) is 9.85. The van der Waals surface area contributed by atoms with Gasteiger partial charge in [0.05, 0.1) is 6.54 Å². The van der Waals surface area contributed by atoms with Crippen LogP contribution in [0.5, 0.6) is 5.75 Å². The predicted octanol–water partition coefficient (Wildman–Crippen LogP) is 5.15. The highest BCUT2D eigenvalue weighted by Gasteiger charge is 2.30. The van der Waals surface area contributed by atoms with Gasteiger partial charge >= 0.3 is 0 Å². The number of aromatic hydroxyl groups is 1. The number of fused-ring (bicyclic) bond motifs is 1. The molecule has 1 aliphatic heterocycles. The molecule has 0 radical (unpaired) electrons. The van der Waals surface area contributed by atoms with Crippen molar-refractivity contribution in [1.29, 1.82) is 5.41 Å². The lowest BCUT2D eigenvalue weighted by atomic mass is 9.78. The van der Waals surface area contributed by atoms with Crippen LogP contribution in [0.3, 0.4) is 0 Å². The minimum absolute atomic E-state index is 0.0348. The fraction of sp³-hybridized carbons (Fsp3) is 0.417. The van der Waals surface area contributed by atoms with Crippen LogP contribution in [0.25, 0.3) is 0 Å². The van der Waals surface area contributed by atoms with Gasteiger partial charge in [0.1, 0.15) is 17.4 Å². The Morgan fingerprint density at radius 3 is 2.14 bits per heavy atom. The molecule has 4 nitrogen and oxygen atoms in total. The fourth-order valence-corrected chi connectivity index (χ4v) is 3.72. The molecular formula is C24H29FN2O2. The normalized spacial score (nSPS) is 14.3. The number of carbonyl (C=O) groups excluding carboxylic acids is 1. The lowest BCUT2D eigenvalue weighted by Gasteiger charge is -2.28. The van der Waals surface area contributed by atoms with Crippen molar-refractivity contribution in [3.05, 3.63) is 64.0 Å². The summed E-state index contributed by atoms with van der Waals surface area (Å²) in [5.41, 5.74) is 2.72. The molecule has 0 atom stereocenters. The first-order valence-corrected chi connectivity index (χ1v) is 9.82. The van der Waals surface area contributed by atoms with Crippen molar-refractivity contribution in [3.63, 3.8) is 0 Å². The zero-order chi connectivity index (χ0) is 21.7. The van der Waals surface area contributed by atoms with E-state index in [0.717, 1.165) is 16.7 Å². The Morgan fingerprint density at radius 2 is 1.62 bits per heavy atom. The second kappa shape index (κ2) is 6.97. The summed E-state index contributed by atoms with van der Waals surface area (Å²) in [6.45, 7) is 12.4. The van der Waals surface area contributed by atoms with Crippen LogP contribution in [0.1, 0.15) is 74.2 Å². The SMILES string of the molecule is CC(C)(C)c1cc(C(=O)CN2Cc3cc(F)ccc3C2=N)cc(C(C)(C)C)c1O. The van der Waals surface area contributed by atoms with Crippen molar-refractivity contribution in [2.75, 3.05) is 6.54 Å². The Morgan fingerprint density at radius 1 is 1.07 bits per heavy atom. The van der Waals surface area contributed by atoms with Crippen LogP contribution >= 0.6 is 0 Å². The van der Waals surface area contributed by atoms with E-state index < -0.39 is 0 Å². The Labute approximate surface area is 171 Å². The van der Waals surface area contributed by atoms with E-state index in [4.69, 9.17) is 5.41 Å². The van der Waals surface area contributed by atoms with Gasteiger partial charge in [-0.2, -0.15) is 0 Å². The standard InChI is InChI=1S/C24H29FN2O2/c1-23(2,3)18-10-14(11-19(21(18)29)24(4,5)6)20(28)13-27-12-15-9-16(25)7-8-17(15)22(27)26/h7-11,26,29H,12-13H2,1-6H3. The summed E-state index contributed by atoms with van der Waals surface area (Å²) in [4.78, 5) is 14.8. The van der Waals surface area contributed by atoms with Gasteiger partial charge < -0.3 is 10.0 Å². The Hall–Kier alpha value is -2.69. The van der Waals surface area contributed by atoms with E-state index in [1.807, 2.05) is 41.5 Å². The minimum atomic E-state index is -0.340. The molecule has 1 heterocycles. The van der Waals surface area contributed by atoms with Gasteiger partial charge in [0, 0.05) is 28.8 Å². The first-order valence-electron chi connectivity index (χ1n) is 9.82. The van der Waals surface area contributed by atoms with Crippen LogP contribution in [0.2, 0.25) is 0 Å². The van der Waals surface area contributed by atoms with E-state index in [2.05, 4.69) is 0 Å². The van der Waals surface area contributed by atoms with Crippen LogP contribution in [0, 0.1) is 11.2 Å². The zero-order valence-corrected chi connectivity index (χ0v) is 18.0. The minimum Gasteiger partial charge on any atom is -0.507 e. The van der Waals surface area contributed by atoms with E-state index >= 15 is 0 Å². The number of rotatable bonds is 3. The van der Waals surface area contributed by atoms with E-state index in [-0.39, 0.29) is 40.6 Å². The quantitative estimate of drug-likeness (QED) is 0.705. The molecule has 2 aromatic carbocycles. The fourth-order valence-electron chi connectivity index (χ4n) is 3.72. The molecule has 0 aromatic heterocycles. The molecule has 0 saturated carbocycles. The summed E-state index contributed by atoms with van der Waals surface area (Å²) in [5, 5.41) is 19.2. The topological polar surface area (TPSA) is 64.4 Å². The third-order valence-electron chi connectivity index (χ3n) is 5.38. The van der Waals surface area contributed by atoms with E-state index in [1.54, 1.807) is 23.1 Å². The summed E-state index contributed by atoms with van der Waals surface area (Å²) < 4.78 is 13.5. The summed E-state index contributed by atoms with van der Waals surface area (Å²) >= 11 is 0. The number of carbonyl (C=O) groups is 1. The van der Waals surface area contributed by atoms with Crippen molar-refractivity contribution in [2.45, 2.75) is 58.9 Å². The average Bonchev–Trinajstić information content (AvgIpc) is 2.87. The molecule has 0 amide bonds. The monoisotopic (exact) mass is 396 g/mol. The van der Waals surface area contributed by atoms with Gasteiger partial charge in [0.25, 0.3) is 0 Å². The third-order valence-corrected chi connectivity index (χ3v) is 5.38. The van der Waals surface area contributed by atoms with Crippen molar-refractivity contribution >= 4 is 11.6 Å². The van der Waals surface area contributed by atoms with Crippen LogP contribution < -0.4 is 0 Å². The first kappa shape index (κ1) is 21.0. The Bertz CT molecular complexity index is 962. The van der Waals surface area contributed by atoms with Gasteiger partial charge in [0.2, 0.25) is 0 Å². The molecule has 5 heteroatoms. The molecule has 0 unspecified atom stereocenters. The molecule has 2 aromatic rings. The number of nitrogens with one attached hydrogen (secondary N) is 1. The van der Waals surface area contributed by atoms with Gasteiger partial charge in [0.15, 0.2) is 5.78 Å². The number of hydrogen-bond acceptors (Lipinski definition) is 3. The summed E-state index contributed by atoms with van der Waals surface area (Å²) in [6.07, 6.45) is 0. The van der Waals surface area contributed by atoms with Crippen molar-refractivity contribution in [1.82, 2.24) is 4.90 Å². The maximum absolute atomic E-state index is 13.5. The van der Waals surface area contributed by atoms with Crippen LogP contribution in [-0.4, -0.2) is 28.2 Å². The average molecular weight is 397 g/mol. The number of phenolic OH excluding ortho intramolecular Hbond substituents is 1. The zero-order valence-electron chi connectivity index (χ0n) is 18.0. The van der Waals surface area contributed by atoms with Crippen LogP contribution in [-0.2, 0) is 17.4 Å². The Balaban J connectivity index is 1.95. The molecule has 0 aliphatic carbocycles. The number of ketones is 1. The highest BCUT2D eigenvalue weighted by molar-refractivity contribution is 6.05. The van der Waals surface area contributed by atoms with E-state index in [0.29, 0.717) is 17.7 Å². The summed E-state index contributed by atoms with van der Waals surface area (Å²) in [5.74, 6) is 0.00416. The van der Waals surface area contributed by atoms with Gasteiger partial charge in [-0.1, -0.05) is 41.5 Å². The number of phenols is 1. The molecule has 29 heavy (non-hydrogen) atoms. The molecule has 0 spiro atoms. The first-order chi connectivity index (χ1) is 13.3. The maximum atomic E-state index is 13.5. The number of amidine groups is 1. The smallest absolute Gasteiger partial charge is 0.182 e. The third kappa shape index (κ3) is 4.04. The van der Waals surface area contributed by atoms with E-state index in [9.17, 15) is 14.3 Å². The largest absolute Gasteiger partial charge is 0.507 e. The van der Waals surface area contributed by atoms with E-state index in [1.165, 1.54) is 12.1 Å². The molecule has 0 fully saturated rings. The molecule has 2 N–H and O–H groups in total. The lowest BCUT2D eigenvalue weighted by Crippen LogP contribution is -2.30. The van der Waals surface area contributed by atoms with Crippen LogP contribution in [0.15, 0.2) is 30.3 Å². The predicted molar refractivity (Wildman–Crippen MR) is 113 cm³/mol. The maximum Gasteiger partial charge on any atom is 0.182 e. The summed E-state index contributed by atoms with van der Waals surface area (Å²) in [6, 6.07) is 7.88. The van der Waals surface area contributed by atoms with Gasteiger partial charge in [-0.25, -0.2) is 4.39 Å². The van der Waals surface area contributed by atoms with Gasteiger partial charge in [-0.05, 0) is 46.7 Å². The molecule has 154 valence electrons. The van der Waals surface area contributed by atoms with Gasteiger partial charge in [-0.3, -0.25) is 10.2 Å². The number of hydrogen-bond donors (Lipinski definition) is 2. The second-order valence-electron chi connectivity index (χ2n) is 9.85. The number of nitrogens with zero attached hydrogens (tertiary/aromatic N) is 1. The molecule has 0 bridgehead atoms.